The minimum Gasteiger partial charge on any atom is -0.497 e. The van der Waals surface area contributed by atoms with Crippen molar-refractivity contribution in [2.45, 2.75) is 19.8 Å². The highest BCUT2D eigenvalue weighted by atomic mass is 32.1. The number of nitrogens with one attached hydrogen (secondary N) is 1. The third-order valence-electron chi connectivity index (χ3n) is 4.80. The van der Waals surface area contributed by atoms with Gasteiger partial charge >= 0.3 is 0 Å². The van der Waals surface area contributed by atoms with Gasteiger partial charge in [-0.1, -0.05) is 26.0 Å². The van der Waals surface area contributed by atoms with Crippen molar-refractivity contribution in [2.75, 3.05) is 12.4 Å². The summed E-state index contributed by atoms with van der Waals surface area (Å²) in [7, 11) is 1.66. The van der Waals surface area contributed by atoms with Gasteiger partial charge in [0.15, 0.2) is 0 Å². The number of carbonyl (C=O) groups is 1. The van der Waals surface area contributed by atoms with E-state index in [2.05, 4.69) is 19.2 Å². The number of benzene rings is 3. The van der Waals surface area contributed by atoms with Gasteiger partial charge in [-0.05, 0) is 66.1 Å². The molecule has 1 heterocycles. The molecule has 3 aromatic carbocycles. The van der Waals surface area contributed by atoms with Crippen LogP contribution in [0.4, 0.5) is 5.69 Å². The Hall–Kier alpha value is -3.18. The normalized spacial score (nSPS) is 11.0. The number of hydrogen-bond donors (Lipinski definition) is 1. The molecular weight excluding hydrogens is 380 g/mol. The molecule has 4 aromatic rings. The molecule has 29 heavy (non-hydrogen) atoms. The molecule has 0 fully saturated rings. The van der Waals surface area contributed by atoms with Gasteiger partial charge in [0.2, 0.25) is 0 Å². The molecule has 5 heteroatoms. The van der Waals surface area contributed by atoms with Crippen molar-refractivity contribution in [2.24, 2.45) is 0 Å². The second-order valence-corrected chi connectivity index (χ2v) is 8.19. The van der Waals surface area contributed by atoms with Gasteiger partial charge in [-0.2, -0.15) is 0 Å². The summed E-state index contributed by atoms with van der Waals surface area (Å²) in [4.78, 5) is 17.3. The van der Waals surface area contributed by atoms with Crippen LogP contribution >= 0.6 is 11.3 Å². The molecule has 0 radical (unpaired) electrons. The topological polar surface area (TPSA) is 51.2 Å². The van der Waals surface area contributed by atoms with E-state index in [1.807, 2.05) is 66.7 Å². The number of fused-ring (bicyclic) bond motifs is 1. The predicted molar refractivity (Wildman–Crippen MR) is 120 cm³/mol. The zero-order valence-corrected chi connectivity index (χ0v) is 17.4. The summed E-state index contributed by atoms with van der Waals surface area (Å²) in [5.74, 6) is 1.11. The second-order valence-electron chi connectivity index (χ2n) is 7.16. The van der Waals surface area contributed by atoms with Crippen LogP contribution in [0.5, 0.6) is 5.75 Å². The SMILES string of the molecule is COc1ccc2nc(-c3ccc(NC(=O)c4cccc(C(C)C)c4)cc3)sc2c1. The molecule has 0 aliphatic heterocycles. The van der Waals surface area contributed by atoms with Crippen molar-refractivity contribution < 1.29 is 9.53 Å². The molecule has 1 aromatic heterocycles. The van der Waals surface area contributed by atoms with Gasteiger partial charge < -0.3 is 10.1 Å². The molecule has 0 saturated carbocycles. The van der Waals surface area contributed by atoms with E-state index >= 15 is 0 Å². The van der Waals surface area contributed by atoms with Crippen LogP contribution in [0.25, 0.3) is 20.8 Å². The van der Waals surface area contributed by atoms with Gasteiger partial charge in [0.1, 0.15) is 10.8 Å². The minimum absolute atomic E-state index is 0.104. The number of aromatic nitrogens is 1. The molecule has 0 aliphatic carbocycles. The highest BCUT2D eigenvalue weighted by molar-refractivity contribution is 7.21. The van der Waals surface area contributed by atoms with Crippen LogP contribution in [0.2, 0.25) is 0 Å². The minimum atomic E-state index is -0.104. The highest BCUT2D eigenvalue weighted by Gasteiger charge is 2.10. The zero-order chi connectivity index (χ0) is 20.4. The molecular formula is C24H22N2O2S. The first-order valence-electron chi connectivity index (χ1n) is 9.50. The van der Waals surface area contributed by atoms with Crippen LogP contribution in [-0.4, -0.2) is 18.0 Å². The molecule has 0 atom stereocenters. The first kappa shape index (κ1) is 19.2. The average molecular weight is 403 g/mol. The van der Waals surface area contributed by atoms with E-state index in [1.165, 1.54) is 0 Å². The predicted octanol–water partition coefficient (Wildman–Crippen LogP) is 6.35. The number of ether oxygens (including phenoxy) is 1. The molecule has 1 amide bonds. The van der Waals surface area contributed by atoms with E-state index < -0.39 is 0 Å². The van der Waals surface area contributed by atoms with Crippen LogP contribution in [0.1, 0.15) is 35.7 Å². The van der Waals surface area contributed by atoms with Crippen molar-refractivity contribution in [3.05, 3.63) is 77.9 Å². The molecule has 0 spiro atoms. The molecule has 0 unspecified atom stereocenters. The molecule has 0 saturated heterocycles. The smallest absolute Gasteiger partial charge is 0.255 e. The Labute approximate surface area is 174 Å². The maximum atomic E-state index is 12.6. The molecule has 4 rings (SSSR count). The highest BCUT2D eigenvalue weighted by Crippen LogP contribution is 2.32. The number of anilines is 1. The quantitative estimate of drug-likeness (QED) is 0.423. The summed E-state index contributed by atoms with van der Waals surface area (Å²) >= 11 is 1.62. The van der Waals surface area contributed by atoms with Crippen molar-refractivity contribution in [3.8, 4) is 16.3 Å². The van der Waals surface area contributed by atoms with Crippen LogP contribution in [0, 0.1) is 0 Å². The number of carbonyl (C=O) groups excluding carboxylic acids is 1. The van der Waals surface area contributed by atoms with Gasteiger partial charge in [-0.25, -0.2) is 4.98 Å². The number of hydrogen-bond acceptors (Lipinski definition) is 4. The maximum absolute atomic E-state index is 12.6. The molecule has 1 N–H and O–H groups in total. The number of methoxy groups -OCH3 is 1. The van der Waals surface area contributed by atoms with E-state index in [4.69, 9.17) is 9.72 Å². The fourth-order valence-electron chi connectivity index (χ4n) is 3.09. The fraction of sp³-hybridized carbons (Fsp3) is 0.167. The van der Waals surface area contributed by atoms with Crippen molar-refractivity contribution >= 4 is 33.1 Å². The Balaban J connectivity index is 1.52. The maximum Gasteiger partial charge on any atom is 0.255 e. The Morgan fingerprint density at radius 2 is 1.83 bits per heavy atom. The summed E-state index contributed by atoms with van der Waals surface area (Å²) in [5, 5.41) is 3.91. The van der Waals surface area contributed by atoms with E-state index in [1.54, 1.807) is 18.4 Å². The van der Waals surface area contributed by atoms with Crippen LogP contribution in [-0.2, 0) is 0 Å². The Morgan fingerprint density at radius 1 is 1.03 bits per heavy atom. The summed E-state index contributed by atoms with van der Waals surface area (Å²) in [6, 6.07) is 21.4. The van der Waals surface area contributed by atoms with Gasteiger partial charge in [-0.3, -0.25) is 4.79 Å². The van der Waals surface area contributed by atoms with Crippen LogP contribution in [0.15, 0.2) is 66.7 Å². The number of amides is 1. The molecule has 146 valence electrons. The van der Waals surface area contributed by atoms with Gasteiger partial charge in [0.25, 0.3) is 5.91 Å². The van der Waals surface area contributed by atoms with Gasteiger partial charge in [0, 0.05) is 16.8 Å². The largest absolute Gasteiger partial charge is 0.497 e. The van der Waals surface area contributed by atoms with Crippen molar-refractivity contribution in [1.29, 1.82) is 0 Å². The van der Waals surface area contributed by atoms with Crippen LogP contribution < -0.4 is 10.1 Å². The fourth-order valence-corrected chi connectivity index (χ4v) is 4.09. The third-order valence-corrected chi connectivity index (χ3v) is 5.87. The zero-order valence-electron chi connectivity index (χ0n) is 16.6. The summed E-state index contributed by atoms with van der Waals surface area (Å²) < 4.78 is 6.37. The van der Waals surface area contributed by atoms with E-state index in [-0.39, 0.29) is 5.91 Å². The standard InChI is InChI=1S/C24H22N2O2S/c1-15(2)17-5-4-6-18(13-17)23(27)25-19-9-7-16(8-10-19)24-26-21-12-11-20(28-3)14-22(21)29-24/h4-15H,1-3H3,(H,25,27). The summed E-state index contributed by atoms with van der Waals surface area (Å²) in [6.07, 6.45) is 0. The summed E-state index contributed by atoms with van der Waals surface area (Å²) in [5.41, 5.74) is 4.55. The lowest BCUT2D eigenvalue weighted by atomic mass is 10.0. The molecule has 0 aliphatic rings. The Morgan fingerprint density at radius 3 is 2.55 bits per heavy atom. The van der Waals surface area contributed by atoms with Crippen molar-refractivity contribution in [3.63, 3.8) is 0 Å². The monoisotopic (exact) mass is 402 g/mol. The third kappa shape index (κ3) is 4.15. The first-order valence-corrected chi connectivity index (χ1v) is 10.3. The lowest BCUT2D eigenvalue weighted by Gasteiger charge is -2.09. The van der Waals surface area contributed by atoms with E-state index in [0.29, 0.717) is 11.5 Å². The van der Waals surface area contributed by atoms with Crippen molar-refractivity contribution in [1.82, 2.24) is 4.98 Å². The van der Waals surface area contributed by atoms with Crippen LogP contribution in [0.3, 0.4) is 0 Å². The first-order chi connectivity index (χ1) is 14.0. The number of rotatable bonds is 5. The molecule has 4 nitrogen and oxygen atoms in total. The number of nitrogens with zero attached hydrogens (tertiary/aromatic N) is 1. The average Bonchev–Trinajstić information content (AvgIpc) is 3.17. The lowest BCUT2D eigenvalue weighted by molar-refractivity contribution is 0.102. The van der Waals surface area contributed by atoms with Gasteiger partial charge in [0.05, 0.1) is 17.3 Å². The van der Waals surface area contributed by atoms with E-state index in [9.17, 15) is 4.79 Å². The molecule has 0 bridgehead atoms. The van der Waals surface area contributed by atoms with E-state index in [0.717, 1.165) is 37.8 Å². The van der Waals surface area contributed by atoms with Gasteiger partial charge in [-0.15, -0.1) is 11.3 Å². The summed E-state index contributed by atoms with van der Waals surface area (Å²) in [6.45, 7) is 4.24. The second kappa shape index (κ2) is 8.05. The Bertz CT molecular complexity index is 1160. The number of thiazole rings is 1. The lowest BCUT2D eigenvalue weighted by Crippen LogP contribution is -2.12. The Kier molecular flexibility index (Phi) is 5.32.